The third-order valence-electron chi connectivity index (χ3n) is 4.10. The van der Waals surface area contributed by atoms with E-state index in [-0.39, 0.29) is 18.6 Å². The Morgan fingerprint density at radius 2 is 2.25 bits per heavy atom. The Morgan fingerprint density at radius 1 is 1.50 bits per heavy atom. The molecule has 0 spiro atoms. The molecule has 6 nitrogen and oxygen atoms in total. The molecule has 2 atom stereocenters. The summed E-state index contributed by atoms with van der Waals surface area (Å²) < 4.78 is 7.36. The van der Waals surface area contributed by atoms with Gasteiger partial charge in [0.05, 0.1) is 5.69 Å². The van der Waals surface area contributed by atoms with Gasteiger partial charge in [-0.2, -0.15) is 5.10 Å². The number of ether oxygens (including phenoxy) is 1. The first-order valence-corrected chi connectivity index (χ1v) is 7.15. The van der Waals surface area contributed by atoms with E-state index < -0.39 is 0 Å². The summed E-state index contributed by atoms with van der Waals surface area (Å²) in [5.74, 6) is 1.02. The molecule has 0 saturated heterocycles. The third-order valence-corrected chi connectivity index (χ3v) is 4.10. The summed E-state index contributed by atoms with van der Waals surface area (Å²) in [5.41, 5.74) is 7.44. The molecule has 2 rings (SSSR count). The van der Waals surface area contributed by atoms with Crippen LogP contribution in [-0.4, -0.2) is 34.9 Å². The quantitative estimate of drug-likeness (QED) is 0.830. The van der Waals surface area contributed by atoms with Crippen molar-refractivity contribution in [2.24, 2.45) is 18.7 Å². The van der Waals surface area contributed by atoms with Crippen LogP contribution in [0.4, 0.5) is 0 Å². The zero-order valence-corrected chi connectivity index (χ0v) is 12.5. The highest BCUT2D eigenvalue weighted by atomic mass is 16.5. The van der Waals surface area contributed by atoms with Gasteiger partial charge in [0.25, 0.3) is 5.91 Å². The van der Waals surface area contributed by atoms with Crippen LogP contribution in [0, 0.1) is 19.8 Å². The smallest absolute Gasteiger partial charge is 0.258 e. The first-order chi connectivity index (χ1) is 9.52. The van der Waals surface area contributed by atoms with Crippen molar-refractivity contribution in [3.8, 4) is 5.75 Å². The fraction of sp³-hybridized carbons (Fsp3) is 0.714. The number of hydrogen-bond donors (Lipinski definition) is 2. The summed E-state index contributed by atoms with van der Waals surface area (Å²) >= 11 is 0. The molecule has 1 amide bonds. The number of hydrogen-bond acceptors (Lipinski definition) is 4. The van der Waals surface area contributed by atoms with Crippen molar-refractivity contribution >= 4 is 5.91 Å². The molecule has 6 heteroatoms. The summed E-state index contributed by atoms with van der Waals surface area (Å²) in [6.45, 7) is 4.46. The maximum atomic E-state index is 12.0. The largest absolute Gasteiger partial charge is 0.480 e. The predicted octanol–water partition coefficient (Wildman–Crippen LogP) is 0.659. The summed E-state index contributed by atoms with van der Waals surface area (Å²) in [5, 5.41) is 7.29. The lowest BCUT2D eigenvalue weighted by Gasteiger charge is -2.19. The van der Waals surface area contributed by atoms with Crippen LogP contribution in [0.2, 0.25) is 0 Å². The molecule has 0 radical (unpaired) electrons. The van der Waals surface area contributed by atoms with E-state index >= 15 is 0 Å². The number of amides is 1. The van der Waals surface area contributed by atoms with Gasteiger partial charge in [-0.1, -0.05) is 6.42 Å². The highest BCUT2D eigenvalue weighted by Crippen LogP contribution is 2.25. The van der Waals surface area contributed by atoms with Crippen LogP contribution < -0.4 is 15.8 Å². The zero-order valence-electron chi connectivity index (χ0n) is 12.5. The molecule has 1 aliphatic carbocycles. The van der Waals surface area contributed by atoms with Gasteiger partial charge in [-0.25, -0.2) is 0 Å². The van der Waals surface area contributed by atoms with Gasteiger partial charge in [0.2, 0.25) is 0 Å². The molecular formula is C14H24N4O2. The van der Waals surface area contributed by atoms with Gasteiger partial charge in [-0.3, -0.25) is 9.48 Å². The van der Waals surface area contributed by atoms with Crippen LogP contribution in [0.3, 0.4) is 0 Å². The van der Waals surface area contributed by atoms with Gasteiger partial charge in [0.1, 0.15) is 5.69 Å². The topological polar surface area (TPSA) is 82.2 Å². The molecular weight excluding hydrogens is 256 g/mol. The van der Waals surface area contributed by atoms with Crippen molar-refractivity contribution in [1.82, 2.24) is 15.1 Å². The minimum Gasteiger partial charge on any atom is -0.480 e. The Labute approximate surface area is 119 Å². The average Bonchev–Trinajstić information content (AvgIpc) is 2.94. The van der Waals surface area contributed by atoms with E-state index in [9.17, 15) is 4.79 Å². The first-order valence-electron chi connectivity index (χ1n) is 7.15. The van der Waals surface area contributed by atoms with Gasteiger partial charge in [-0.05, 0) is 39.2 Å². The van der Waals surface area contributed by atoms with Gasteiger partial charge in [0, 0.05) is 13.1 Å². The Morgan fingerprint density at radius 3 is 2.85 bits per heavy atom. The van der Waals surface area contributed by atoms with Gasteiger partial charge in [0.15, 0.2) is 12.4 Å². The van der Waals surface area contributed by atoms with Crippen molar-refractivity contribution in [1.29, 1.82) is 0 Å². The summed E-state index contributed by atoms with van der Waals surface area (Å²) in [7, 11) is 1.86. The van der Waals surface area contributed by atoms with Gasteiger partial charge < -0.3 is 15.8 Å². The van der Waals surface area contributed by atoms with E-state index in [0.717, 1.165) is 30.7 Å². The van der Waals surface area contributed by atoms with Crippen LogP contribution in [0.25, 0.3) is 0 Å². The fourth-order valence-electron chi connectivity index (χ4n) is 2.86. The second-order valence-corrected chi connectivity index (χ2v) is 5.51. The molecule has 1 heterocycles. The molecule has 0 bridgehead atoms. The van der Waals surface area contributed by atoms with Crippen LogP contribution >= 0.6 is 0 Å². The minimum absolute atomic E-state index is 0.0289. The minimum atomic E-state index is -0.0852. The monoisotopic (exact) mass is 280 g/mol. The Bertz CT molecular complexity index is 484. The lowest BCUT2D eigenvalue weighted by molar-refractivity contribution is -0.124. The van der Waals surface area contributed by atoms with E-state index in [2.05, 4.69) is 10.4 Å². The predicted molar refractivity (Wildman–Crippen MR) is 76.5 cm³/mol. The van der Waals surface area contributed by atoms with E-state index in [0.29, 0.717) is 18.2 Å². The fourth-order valence-corrected chi connectivity index (χ4v) is 2.86. The van der Waals surface area contributed by atoms with E-state index in [4.69, 9.17) is 10.5 Å². The van der Waals surface area contributed by atoms with Crippen molar-refractivity contribution in [2.45, 2.75) is 39.2 Å². The third kappa shape index (κ3) is 3.12. The maximum Gasteiger partial charge on any atom is 0.258 e. The molecule has 0 aromatic carbocycles. The summed E-state index contributed by atoms with van der Waals surface area (Å²) in [6, 6.07) is 0.201. The summed E-state index contributed by atoms with van der Waals surface area (Å²) in [6.07, 6.45) is 3.25. The van der Waals surface area contributed by atoms with Crippen molar-refractivity contribution < 1.29 is 9.53 Å². The van der Waals surface area contributed by atoms with Gasteiger partial charge >= 0.3 is 0 Å². The number of aromatic nitrogens is 2. The second kappa shape index (κ2) is 6.26. The Balaban J connectivity index is 1.86. The van der Waals surface area contributed by atoms with E-state index in [1.807, 2.05) is 20.9 Å². The lowest BCUT2D eigenvalue weighted by atomic mass is 10.0. The number of aryl methyl sites for hydroxylation is 2. The average molecular weight is 280 g/mol. The Kier molecular flexibility index (Phi) is 4.65. The number of nitrogens with zero attached hydrogens (tertiary/aromatic N) is 2. The molecule has 1 aromatic heterocycles. The van der Waals surface area contributed by atoms with E-state index in [1.54, 1.807) is 4.68 Å². The number of nitrogens with one attached hydrogen (secondary N) is 1. The molecule has 0 aliphatic heterocycles. The molecule has 112 valence electrons. The molecule has 1 fully saturated rings. The van der Waals surface area contributed by atoms with Crippen LogP contribution in [0.5, 0.6) is 5.75 Å². The molecule has 1 aromatic rings. The van der Waals surface area contributed by atoms with Crippen LogP contribution in [0.15, 0.2) is 0 Å². The summed E-state index contributed by atoms with van der Waals surface area (Å²) in [4.78, 5) is 12.0. The normalized spacial score (nSPS) is 22.0. The number of rotatable bonds is 5. The lowest BCUT2D eigenvalue weighted by Crippen LogP contribution is -2.42. The SMILES string of the molecule is Cc1nn(C)c(C)c1OCC(=O)NC1CCCC1CN. The van der Waals surface area contributed by atoms with E-state index in [1.165, 1.54) is 0 Å². The molecule has 20 heavy (non-hydrogen) atoms. The number of nitrogens with two attached hydrogens (primary N) is 1. The van der Waals surface area contributed by atoms with Crippen LogP contribution in [-0.2, 0) is 11.8 Å². The standard InChI is InChI=1S/C14H24N4O2/c1-9-14(10(2)18(3)17-9)20-8-13(19)16-12-6-4-5-11(12)7-15/h11-12H,4-8,15H2,1-3H3,(H,16,19). The zero-order chi connectivity index (χ0) is 14.7. The maximum absolute atomic E-state index is 12.0. The van der Waals surface area contributed by atoms with Crippen molar-refractivity contribution in [3.05, 3.63) is 11.4 Å². The Hall–Kier alpha value is -1.56. The number of carbonyl (C=O) groups excluding carboxylic acids is 1. The number of carbonyl (C=O) groups is 1. The van der Waals surface area contributed by atoms with Crippen molar-refractivity contribution in [2.75, 3.05) is 13.2 Å². The molecule has 3 N–H and O–H groups in total. The first kappa shape index (κ1) is 14.8. The van der Waals surface area contributed by atoms with Gasteiger partial charge in [-0.15, -0.1) is 0 Å². The van der Waals surface area contributed by atoms with Crippen molar-refractivity contribution in [3.63, 3.8) is 0 Å². The molecule has 2 unspecified atom stereocenters. The van der Waals surface area contributed by atoms with Crippen LogP contribution in [0.1, 0.15) is 30.7 Å². The second-order valence-electron chi connectivity index (χ2n) is 5.51. The highest BCUT2D eigenvalue weighted by molar-refractivity contribution is 5.78. The molecule has 1 aliphatic rings. The molecule has 1 saturated carbocycles. The highest BCUT2D eigenvalue weighted by Gasteiger charge is 2.27.